The first-order valence-electron chi connectivity index (χ1n) is 7.37. The van der Waals surface area contributed by atoms with E-state index in [0.29, 0.717) is 5.56 Å². The molecule has 0 spiro atoms. The standard InChI is InChI=1S/C21H17F/c22-21(19-14-8-3-9-15-19)16-20(17-10-4-1-5-11-17)18-12-6-2-7-13-18/h1-16,20H. The number of benzene rings is 3. The van der Waals surface area contributed by atoms with Gasteiger partial charge in [-0.05, 0) is 17.2 Å². The monoisotopic (exact) mass is 288 g/mol. The van der Waals surface area contributed by atoms with Crippen LogP contribution in [0.15, 0.2) is 97.1 Å². The summed E-state index contributed by atoms with van der Waals surface area (Å²) in [6, 6.07) is 29.2. The van der Waals surface area contributed by atoms with Gasteiger partial charge in [0.15, 0.2) is 0 Å². The van der Waals surface area contributed by atoms with Crippen molar-refractivity contribution in [3.8, 4) is 0 Å². The Hall–Kier alpha value is -2.67. The van der Waals surface area contributed by atoms with Gasteiger partial charge in [0.2, 0.25) is 0 Å². The molecule has 0 saturated carbocycles. The molecule has 0 N–H and O–H groups in total. The first-order valence-corrected chi connectivity index (χ1v) is 7.37. The van der Waals surface area contributed by atoms with Crippen LogP contribution in [0.2, 0.25) is 0 Å². The zero-order valence-corrected chi connectivity index (χ0v) is 12.2. The number of allylic oxidation sites excluding steroid dienone is 1. The highest BCUT2D eigenvalue weighted by Crippen LogP contribution is 2.30. The summed E-state index contributed by atoms with van der Waals surface area (Å²) in [6.45, 7) is 0. The number of halogens is 1. The fourth-order valence-corrected chi connectivity index (χ4v) is 2.55. The van der Waals surface area contributed by atoms with E-state index in [4.69, 9.17) is 0 Å². The van der Waals surface area contributed by atoms with Crippen LogP contribution in [-0.4, -0.2) is 0 Å². The second kappa shape index (κ2) is 6.86. The number of hydrogen-bond acceptors (Lipinski definition) is 0. The normalized spacial score (nSPS) is 11.6. The third-order valence-corrected chi connectivity index (χ3v) is 3.68. The van der Waals surface area contributed by atoms with E-state index in [1.807, 2.05) is 78.9 Å². The van der Waals surface area contributed by atoms with Crippen LogP contribution in [0.25, 0.3) is 5.83 Å². The lowest BCUT2D eigenvalue weighted by Gasteiger charge is -2.14. The van der Waals surface area contributed by atoms with Crippen molar-refractivity contribution >= 4 is 5.83 Å². The van der Waals surface area contributed by atoms with Gasteiger partial charge >= 0.3 is 0 Å². The molecule has 0 aliphatic rings. The molecule has 0 saturated heterocycles. The Labute approximate surface area is 130 Å². The van der Waals surface area contributed by atoms with Gasteiger partial charge in [0.25, 0.3) is 0 Å². The van der Waals surface area contributed by atoms with Crippen LogP contribution in [0.1, 0.15) is 22.6 Å². The molecule has 1 heteroatoms. The smallest absolute Gasteiger partial charge is 0.127 e. The van der Waals surface area contributed by atoms with E-state index in [1.165, 1.54) is 0 Å². The Bertz CT molecular complexity index is 691. The number of rotatable bonds is 4. The Morgan fingerprint density at radius 3 is 1.50 bits per heavy atom. The van der Waals surface area contributed by atoms with Crippen LogP contribution in [0.3, 0.4) is 0 Å². The van der Waals surface area contributed by atoms with Gasteiger partial charge < -0.3 is 0 Å². The Kier molecular flexibility index (Phi) is 4.45. The minimum atomic E-state index is -0.196. The first kappa shape index (κ1) is 14.3. The van der Waals surface area contributed by atoms with Gasteiger partial charge in [0.05, 0.1) is 0 Å². The zero-order valence-electron chi connectivity index (χ0n) is 12.2. The molecule has 108 valence electrons. The van der Waals surface area contributed by atoms with Crippen LogP contribution < -0.4 is 0 Å². The molecular formula is C21H17F. The number of hydrogen-bond donors (Lipinski definition) is 0. The van der Waals surface area contributed by atoms with Crippen molar-refractivity contribution in [2.75, 3.05) is 0 Å². The molecule has 3 rings (SSSR count). The highest BCUT2D eigenvalue weighted by molar-refractivity contribution is 5.61. The summed E-state index contributed by atoms with van der Waals surface area (Å²) in [5.41, 5.74) is 2.78. The van der Waals surface area contributed by atoms with E-state index in [1.54, 1.807) is 18.2 Å². The molecule has 3 aromatic carbocycles. The third-order valence-electron chi connectivity index (χ3n) is 3.68. The molecule has 0 aromatic heterocycles. The van der Waals surface area contributed by atoms with Crippen molar-refractivity contribution < 1.29 is 4.39 Å². The van der Waals surface area contributed by atoms with Crippen molar-refractivity contribution in [1.29, 1.82) is 0 Å². The van der Waals surface area contributed by atoms with Crippen molar-refractivity contribution in [2.45, 2.75) is 5.92 Å². The quantitative estimate of drug-likeness (QED) is 0.566. The van der Waals surface area contributed by atoms with Gasteiger partial charge in [0.1, 0.15) is 5.83 Å². The van der Waals surface area contributed by atoms with E-state index >= 15 is 0 Å². The summed E-state index contributed by atoms with van der Waals surface area (Å²) < 4.78 is 14.6. The third kappa shape index (κ3) is 3.32. The Balaban J connectivity index is 2.03. The molecule has 0 radical (unpaired) electrons. The van der Waals surface area contributed by atoms with E-state index in [0.717, 1.165) is 11.1 Å². The molecule has 22 heavy (non-hydrogen) atoms. The molecule has 0 bridgehead atoms. The predicted molar refractivity (Wildman–Crippen MR) is 90.3 cm³/mol. The topological polar surface area (TPSA) is 0 Å². The molecule has 0 atom stereocenters. The lowest BCUT2D eigenvalue weighted by Crippen LogP contribution is -1.98. The van der Waals surface area contributed by atoms with Crippen molar-refractivity contribution in [2.24, 2.45) is 0 Å². The van der Waals surface area contributed by atoms with E-state index < -0.39 is 0 Å². The van der Waals surface area contributed by atoms with Gasteiger partial charge in [-0.1, -0.05) is 91.0 Å². The van der Waals surface area contributed by atoms with Gasteiger partial charge in [0, 0.05) is 11.5 Å². The fourth-order valence-electron chi connectivity index (χ4n) is 2.55. The zero-order chi connectivity index (χ0) is 15.2. The van der Waals surface area contributed by atoms with E-state index in [2.05, 4.69) is 0 Å². The van der Waals surface area contributed by atoms with Crippen LogP contribution in [0, 0.1) is 0 Å². The average Bonchev–Trinajstić information content (AvgIpc) is 2.62. The molecule has 0 aliphatic carbocycles. The van der Waals surface area contributed by atoms with Crippen LogP contribution in [0.5, 0.6) is 0 Å². The average molecular weight is 288 g/mol. The largest absolute Gasteiger partial charge is 0.207 e. The molecule has 0 fully saturated rings. The van der Waals surface area contributed by atoms with Crippen molar-refractivity contribution in [3.05, 3.63) is 114 Å². The molecule has 0 nitrogen and oxygen atoms in total. The molecular weight excluding hydrogens is 271 g/mol. The second-order valence-electron chi connectivity index (χ2n) is 5.18. The van der Waals surface area contributed by atoms with Gasteiger partial charge in [-0.3, -0.25) is 0 Å². The van der Waals surface area contributed by atoms with Crippen molar-refractivity contribution in [1.82, 2.24) is 0 Å². The highest BCUT2D eigenvalue weighted by atomic mass is 19.1. The summed E-state index contributed by atoms with van der Waals surface area (Å²) in [7, 11) is 0. The summed E-state index contributed by atoms with van der Waals surface area (Å²) in [5, 5.41) is 0. The second-order valence-corrected chi connectivity index (χ2v) is 5.18. The van der Waals surface area contributed by atoms with Gasteiger partial charge in [-0.25, -0.2) is 4.39 Å². The maximum absolute atomic E-state index is 14.6. The SMILES string of the molecule is FC(=CC(c1ccccc1)c1ccccc1)c1ccccc1. The molecule has 3 aromatic rings. The summed E-state index contributed by atoms with van der Waals surface area (Å²) >= 11 is 0. The Morgan fingerprint density at radius 1 is 0.636 bits per heavy atom. The minimum Gasteiger partial charge on any atom is -0.207 e. The van der Waals surface area contributed by atoms with Crippen LogP contribution in [0.4, 0.5) is 4.39 Å². The van der Waals surface area contributed by atoms with E-state index in [-0.39, 0.29) is 11.7 Å². The highest BCUT2D eigenvalue weighted by Gasteiger charge is 2.13. The Morgan fingerprint density at radius 2 is 1.05 bits per heavy atom. The van der Waals surface area contributed by atoms with E-state index in [9.17, 15) is 4.39 Å². The lowest BCUT2D eigenvalue weighted by molar-refractivity contribution is 0.751. The molecule has 0 amide bonds. The summed E-state index contributed by atoms with van der Waals surface area (Å²) in [4.78, 5) is 0. The van der Waals surface area contributed by atoms with Gasteiger partial charge in [-0.15, -0.1) is 0 Å². The maximum Gasteiger partial charge on any atom is 0.127 e. The molecule has 0 aliphatic heterocycles. The predicted octanol–water partition coefficient (Wildman–Crippen LogP) is 5.83. The van der Waals surface area contributed by atoms with Crippen LogP contribution in [-0.2, 0) is 0 Å². The first-order chi connectivity index (χ1) is 10.8. The summed E-state index contributed by atoms with van der Waals surface area (Å²) in [6.07, 6.45) is 1.69. The lowest BCUT2D eigenvalue weighted by atomic mass is 9.90. The van der Waals surface area contributed by atoms with Crippen LogP contribution >= 0.6 is 0 Å². The molecule has 0 unspecified atom stereocenters. The summed E-state index contributed by atoms with van der Waals surface area (Å²) in [5.74, 6) is -0.291. The maximum atomic E-state index is 14.6. The molecule has 0 heterocycles. The van der Waals surface area contributed by atoms with Gasteiger partial charge in [-0.2, -0.15) is 0 Å². The fraction of sp³-hybridized carbons (Fsp3) is 0.0476. The van der Waals surface area contributed by atoms with Crippen molar-refractivity contribution in [3.63, 3.8) is 0 Å². The minimum absolute atomic E-state index is 0.0948.